The number of β-lactam (4-membered cyclic amide) rings is 1. The van der Waals surface area contributed by atoms with Gasteiger partial charge in [0.25, 0.3) is 5.69 Å². The molecule has 1 saturated heterocycles. The van der Waals surface area contributed by atoms with Gasteiger partial charge in [-0.15, -0.1) is 12.6 Å². The van der Waals surface area contributed by atoms with Crippen molar-refractivity contribution in [3.63, 3.8) is 0 Å². The topological polar surface area (TPSA) is 136 Å². The predicted octanol–water partition coefficient (Wildman–Crippen LogP) is 1.46. The van der Waals surface area contributed by atoms with E-state index < -0.39 is 34.2 Å². The Labute approximate surface area is 164 Å². The molecule has 28 heavy (non-hydrogen) atoms. The molecule has 11 heteroatoms. The Morgan fingerprint density at radius 3 is 2.61 bits per heavy atom. The van der Waals surface area contributed by atoms with Crippen LogP contribution >= 0.6 is 12.6 Å². The molecule has 1 N–H and O–H groups in total. The Hall–Kier alpha value is -2.92. The van der Waals surface area contributed by atoms with Gasteiger partial charge in [0.05, 0.1) is 22.8 Å². The Kier molecular flexibility index (Phi) is 5.13. The van der Waals surface area contributed by atoms with Crippen LogP contribution in [0.1, 0.15) is 18.9 Å². The average molecular weight is 408 g/mol. The Bertz CT molecular complexity index is 897. The highest BCUT2D eigenvalue weighted by Crippen LogP contribution is 2.51. The molecule has 10 nitrogen and oxygen atoms in total. The Balaban J connectivity index is 1.51. The van der Waals surface area contributed by atoms with Crippen molar-refractivity contribution < 1.29 is 34.2 Å². The molecule has 1 aromatic rings. The Morgan fingerprint density at radius 2 is 2.04 bits per heavy atom. The van der Waals surface area contributed by atoms with Gasteiger partial charge in [0, 0.05) is 23.5 Å². The number of fused-ring (bicyclic) bond motifs is 1. The van der Waals surface area contributed by atoms with Crippen molar-refractivity contribution in [1.82, 2.24) is 4.90 Å². The number of carboxylic acids is 1. The zero-order chi connectivity index (χ0) is 20.6. The van der Waals surface area contributed by atoms with Gasteiger partial charge in [-0.2, -0.15) is 4.89 Å². The summed E-state index contributed by atoms with van der Waals surface area (Å²) in [7, 11) is 0. The fourth-order valence-corrected chi connectivity index (χ4v) is 3.97. The summed E-state index contributed by atoms with van der Waals surface area (Å²) < 4.78 is 0. The molecule has 1 aromatic carbocycles. The number of aliphatic carboxylic acids is 1. The highest BCUT2D eigenvalue weighted by Gasteiger charge is 2.63. The molecule has 2 atom stereocenters. The van der Waals surface area contributed by atoms with Crippen LogP contribution in [0.15, 0.2) is 34.9 Å². The Morgan fingerprint density at radius 1 is 1.39 bits per heavy atom. The van der Waals surface area contributed by atoms with Crippen molar-refractivity contribution in [3.05, 3.63) is 50.5 Å². The molecule has 0 bridgehead atoms. The van der Waals surface area contributed by atoms with Crippen LogP contribution in [-0.2, 0) is 30.6 Å². The minimum absolute atomic E-state index is 0.0934. The van der Waals surface area contributed by atoms with Crippen LogP contribution < -0.4 is 0 Å². The van der Waals surface area contributed by atoms with Gasteiger partial charge in [0.15, 0.2) is 0 Å². The summed E-state index contributed by atoms with van der Waals surface area (Å²) in [5.74, 6) is -3.06. The molecular weight excluding hydrogens is 392 g/mol. The molecule has 1 fully saturated rings. The first-order chi connectivity index (χ1) is 13.1. The maximum absolute atomic E-state index is 12.3. The lowest BCUT2D eigenvalue weighted by atomic mass is 9.75. The van der Waals surface area contributed by atoms with Crippen LogP contribution in [0, 0.1) is 16.0 Å². The van der Waals surface area contributed by atoms with Gasteiger partial charge in [0.1, 0.15) is 12.3 Å². The number of nitro groups is 1. The SMILES string of the molecule is CC12CC(S)=C(C(=O)O)N1C(=O)C2COOC(=O)Cc1ccc([N+](=O)[O-])cc1. The van der Waals surface area contributed by atoms with Crippen molar-refractivity contribution in [2.45, 2.75) is 25.3 Å². The van der Waals surface area contributed by atoms with E-state index in [0.717, 1.165) is 0 Å². The summed E-state index contributed by atoms with van der Waals surface area (Å²) in [5.41, 5.74) is -0.513. The van der Waals surface area contributed by atoms with Crippen molar-refractivity contribution >= 4 is 36.2 Å². The van der Waals surface area contributed by atoms with Gasteiger partial charge in [-0.05, 0) is 12.5 Å². The van der Waals surface area contributed by atoms with Crippen LogP contribution in [0.2, 0.25) is 0 Å². The third-order valence-corrected chi connectivity index (χ3v) is 5.26. The third kappa shape index (κ3) is 3.34. The quantitative estimate of drug-likeness (QED) is 0.227. The minimum Gasteiger partial charge on any atom is -0.477 e. The molecule has 0 aromatic heterocycles. The maximum Gasteiger partial charge on any atom is 0.353 e. The molecular formula is C17H16N2O8S. The number of hydrogen-bond donors (Lipinski definition) is 2. The van der Waals surface area contributed by atoms with E-state index >= 15 is 0 Å². The van der Waals surface area contributed by atoms with E-state index in [1.165, 1.54) is 29.2 Å². The number of nitrogens with zero attached hydrogens (tertiary/aromatic N) is 2. The van der Waals surface area contributed by atoms with E-state index in [4.69, 9.17) is 4.89 Å². The van der Waals surface area contributed by atoms with Gasteiger partial charge >= 0.3 is 11.9 Å². The van der Waals surface area contributed by atoms with E-state index in [0.29, 0.717) is 10.5 Å². The summed E-state index contributed by atoms with van der Waals surface area (Å²) in [6, 6.07) is 5.40. The van der Waals surface area contributed by atoms with Crippen LogP contribution in [0.3, 0.4) is 0 Å². The zero-order valence-electron chi connectivity index (χ0n) is 14.7. The lowest BCUT2D eigenvalue weighted by Crippen LogP contribution is -2.68. The second-order valence-corrected chi connectivity index (χ2v) is 7.24. The molecule has 0 spiro atoms. The highest BCUT2D eigenvalue weighted by molar-refractivity contribution is 7.84. The molecule has 2 aliphatic rings. The number of carbonyl (C=O) groups excluding carboxylic acids is 2. The fourth-order valence-electron chi connectivity index (χ4n) is 3.45. The van der Waals surface area contributed by atoms with E-state index in [-0.39, 0.29) is 30.8 Å². The maximum atomic E-state index is 12.3. The number of amides is 1. The van der Waals surface area contributed by atoms with Gasteiger partial charge in [-0.3, -0.25) is 24.7 Å². The number of carbonyl (C=O) groups is 3. The zero-order valence-corrected chi connectivity index (χ0v) is 15.5. The number of hydrogen-bond acceptors (Lipinski definition) is 8. The molecule has 0 saturated carbocycles. The predicted molar refractivity (Wildman–Crippen MR) is 95.9 cm³/mol. The van der Waals surface area contributed by atoms with Crippen molar-refractivity contribution in [3.8, 4) is 0 Å². The van der Waals surface area contributed by atoms with Gasteiger partial charge in [-0.1, -0.05) is 12.1 Å². The first-order valence-corrected chi connectivity index (χ1v) is 8.65. The summed E-state index contributed by atoms with van der Waals surface area (Å²) >= 11 is 4.16. The number of benzene rings is 1. The van der Waals surface area contributed by atoms with Crippen molar-refractivity contribution in [2.24, 2.45) is 5.92 Å². The minimum atomic E-state index is -1.23. The lowest BCUT2D eigenvalue weighted by molar-refractivity contribution is -0.384. The molecule has 148 valence electrons. The number of carboxylic acid groups (broad SMARTS) is 1. The number of rotatable bonds is 7. The largest absolute Gasteiger partial charge is 0.477 e. The lowest BCUT2D eigenvalue weighted by Gasteiger charge is -2.51. The van der Waals surface area contributed by atoms with Crippen molar-refractivity contribution in [1.29, 1.82) is 0 Å². The van der Waals surface area contributed by atoms with E-state index in [9.17, 15) is 29.6 Å². The number of thiol groups is 1. The normalized spacial score (nSPS) is 23.3. The third-order valence-electron chi connectivity index (χ3n) is 4.89. The molecule has 1 amide bonds. The number of nitro benzene ring substituents is 1. The fraction of sp³-hybridized carbons (Fsp3) is 0.353. The molecule has 3 rings (SSSR count). The molecule has 0 radical (unpaired) electrons. The standard InChI is InChI=1S/C17H16N2O8S/c1-17-7-12(28)14(16(22)23)18(17)15(21)11(17)8-26-27-13(20)6-9-2-4-10(5-3-9)19(24)25/h2-5,11,28H,6-8H2,1H3,(H,22,23). The van der Waals surface area contributed by atoms with Crippen molar-refractivity contribution in [2.75, 3.05) is 6.61 Å². The first kappa shape index (κ1) is 19.8. The first-order valence-electron chi connectivity index (χ1n) is 8.20. The van der Waals surface area contributed by atoms with E-state index in [2.05, 4.69) is 17.5 Å². The molecule has 2 aliphatic heterocycles. The molecule has 2 heterocycles. The van der Waals surface area contributed by atoms with Crippen LogP contribution in [-0.4, -0.2) is 44.9 Å². The second-order valence-electron chi connectivity index (χ2n) is 6.70. The monoisotopic (exact) mass is 408 g/mol. The van der Waals surface area contributed by atoms with Gasteiger partial charge in [0.2, 0.25) is 5.91 Å². The van der Waals surface area contributed by atoms with Gasteiger partial charge < -0.3 is 5.11 Å². The summed E-state index contributed by atoms with van der Waals surface area (Å²) in [6.45, 7) is 1.50. The van der Waals surface area contributed by atoms with E-state index in [1.54, 1.807) is 6.92 Å². The summed E-state index contributed by atoms with van der Waals surface area (Å²) in [5, 5.41) is 19.8. The summed E-state index contributed by atoms with van der Waals surface area (Å²) in [6.07, 6.45) is 0.111. The van der Waals surface area contributed by atoms with Crippen LogP contribution in [0.4, 0.5) is 5.69 Å². The highest BCUT2D eigenvalue weighted by atomic mass is 32.1. The summed E-state index contributed by atoms with van der Waals surface area (Å²) in [4.78, 5) is 56.5. The van der Waals surface area contributed by atoms with Crippen LogP contribution in [0.5, 0.6) is 0 Å². The molecule has 0 aliphatic carbocycles. The van der Waals surface area contributed by atoms with Gasteiger partial charge in [-0.25, -0.2) is 9.59 Å². The average Bonchev–Trinajstić information content (AvgIpc) is 2.86. The number of non-ortho nitro benzene ring substituents is 1. The smallest absolute Gasteiger partial charge is 0.353 e. The van der Waals surface area contributed by atoms with E-state index in [1.807, 2.05) is 0 Å². The molecule has 2 unspecified atom stereocenters. The second kappa shape index (κ2) is 7.24. The van der Waals surface area contributed by atoms with Crippen LogP contribution in [0.25, 0.3) is 0 Å².